The van der Waals surface area contributed by atoms with Gasteiger partial charge in [0.1, 0.15) is 0 Å². The zero-order valence-corrected chi connectivity index (χ0v) is 10.7. The summed E-state index contributed by atoms with van der Waals surface area (Å²) in [6.45, 7) is 4.91. The van der Waals surface area contributed by atoms with Crippen LogP contribution < -0.4 is 0 Å². The summed E-state index contributed by atoms with van der Waals surface area (Å²) in [5.41, 5.74) is 0.737. The second-order valence-corrected chi connectivity index (χ2v) is 6.46. The van der Waals surface area contributed by atoms with Crippen LogP contribution in [0.3, 0.4) is 0 Å². The first-order valence-corrected chi connectivity index (χ1v) is 7.23. The van der Waals surface area contributed by atoms with Gasteiger partial charge in [-0.05, 0) is 36.5 Å². The molecule has 15 heavy (non-hydrogen) atoms. The lowest BCUT2D eigenvalue weighted by Gasteiger charge is -2.30. The van der Waals surface area contributed by atoms with Crippen LogP contribution in [0.25, 0.3) is 0 Å². The highest BCUT2D eigenvalue weighted by atomic mass is 14.4. The van der Waals surface area contributed by atoms with Gasteiger partial charge in [0, 0.05) is 0 Å². The summed E-state index contributed by atoms with van der Waals surface area (Å²) in [5.74, 6) is 2.18. The molecular weight excluding hydrogens is 180 g/mol. The summed E-state index contributed by atoms with van der Waals surface area (Å²) in [4.78, 5) is 0. The van der Waals surface area contributed by atoms with E-state index in [9.17, 15) is 0 Å². The fourth-order valence-electron chi connectivity index (χ4n) is 4.20. The molecule has 0 heterocycles. The molecule has 0 N–H and O–H groups in total. The molecule has 0 spiro atoms. The average molecular weight is 208 g/mol. The predicted octanol–water partition coefficient (Wildman–Crippen LogP) is 5.17. The Morgan fingerprint density at radius 2 is 1.67 bits per heavy atom. The van der Waals surface area contributed by atoms with E-state index >= 15 is 0 Å². The van der Waals surface area contributed by atoms with Crippen molar-refractivity contribution in [2.75, 3.05) is 0 Å². The molecule has 0 aliphatic heterocycles. The minimum absolute atomic E-state index is 0.737. The lowest BCUT2D eigenvalue weighted by Crippen LogP contribution is -2.19. The van der Waals surface area contributed by atoms with E-state index in [1.165, 1.54) is 51.4 Å². The third kappa shape index (κ3) is 2.77. The third-order valence-electron chi connectivity index (χ3n) is 5.04. The Morgan fingerprint density at radius 3 is 2.33 bits per heavy atom. The van der Waals surface area contributed by atoms with Crippen LogP contribution >= 0.6 is 0 Å². The summed E-state index contributed by atoms with van der Waals surface area (Å²) in [5, 5.41) is 0. The zero-order chi connectivity index (χ0) is 10.7. The molecule has 0 heteroatoms. The first kappa shape index (κ1) is 11.5. The van der Waals surface area contributed by atoms with E-state index in [1.807, 2.05) is 0 Å². The molecule has 2 saturated carbocycles. The fraction of sp³-hybridized carbons (Fsp3) is 1.00. The molecular formula is C15H28. The first-order valence-electron chi connectivity index (χ1n) is 7.23. The molecule has 2 aliphatic carbocycles. The molecule has 0 aromatic heterocycles. The SMILES string of the molecule is CCCC1CCCC1CC1(C)CCCC1. The van der Waals surface area contributed by atoms with E-state index in [4.69, 9.17) is 0 Å². The Labute approximate surface area is 95.8 Å². The van der Waals surface area contributed by atoms with Crippen LogP contribution in [0.5, 0.6) is 0 Å². The van der Waals surface area contributed by atoms with Gasteiger partial charge < -0.3 is 0 Å². The van der Waals surface area contributed by atoms with E-state index in [1.54, 1.807) is 12.8 Å². The van der Waals surface area contributed by atoms with E-state index < -0.39 is 0 Å². The molecule has 0 amide bonds. The minimum Gasteiger partial charge on any atom is -0.0654 e. The Hall–Kier alpha value is 0. The fourth-order valence-corrected chi connectivity index (χ4v) is 4.20. The van der Waals surface area contributed by atoms with Crippen LogP contribution in [0, 0.1) is 17.3 Å². The molecule has 0 radical (unpaired) electrons. The molecule has 0 aromatic carbocycles. The van der Waals surface area contributed by atoms with Crippen molar-refractivity contribution in [3.63, 3.8) is 0 Å². The van der Waals surface area contributed by atoms with Gasteiger partial charge in [-0.2, -0.15) is 0 Å². The van der Waals surface area contributed by atoms with Gasteiger partial charge in [-0.1, -0.05) is 58.8 Å². The van der Waals surface area contributed by atoms with Crippen molar-refractivity contribution in [1.29, 1.82) is 0 Å². The van der Waals surface area contributed by atoms with Crippen LogP contribution in [0.1, 0.15) is 78.1 Å². The van der Waals surface area contributed by atoms with E-state index in [0.717, 1.165) is 17.3 Å². The summed E-state index contributed by atoms with van der Waals surface area (Å²) in [6.07, 6.45) is 15.1. The van der Waals surface area contributed by atoms with E-state index in [2.05, 4.69) is 13.8 Å². The number of rotatable bonds is 4. The molecule has 0 aromatic rings. The highest BCUT2D eigenvalue weighted by Crippen LogP contribution is 2.48. The second kappa shape index (κ2) is 4.89. The van der Waals surface area contributed by atoms with Gasteiger partial charge in [0.25, 0.3) is 0 Å². The largest absolute Gasteiger partial charge is 0.0654 e. The van der Waals surface area contributed by atoms with Crippen molar-refractivity contribution in [2.24, 2.45) is 17.3 Å². The zero-order valence-electron chi connectivity index (χ0n) is 10.7. The van der Waals surface area contributed by atoms with Crippen LogP contribution in [0.4, 0.5) is 0 Å². The summed E-state index contributed by atoms with van der Waals surface area (Å²) >= 11 is 0. The van der Waals surface area contributed by atoms with Crippen LogP contribution in [-0.2, 0) is 0 Å². The highest BCUT2D eigenvalue weighted by Gasteiger charge is 2.35. The van der Waals surface area contributed by atoms with Gasteiger partial charge >= 0.3 is 0 Å². The molecule has 0 bridgehead atoms. The minimum atomic E-state index is 0.737. The van der Waals surface area contributed by atoms with Crippen molar-refractivity contribution >= 4 is 0 Å². The maximum absolute atomic E-state index is 2.56. The summed E-state index contributed by atoms with van der Waals surface area (Å²) in [6, 6.07) is 0. The Kier molecular flexibility index (Phi) is 3.74. The predicted molar refractivity (Wildman–Crippen MR) is 66.9 cm³/mol. The second-order valence-electron chi connectivity index (χ2n) is 6.46. The molecule has 2 rings (SSSR count). The van der Waals surface area contributed by atoms with Crippen molar-refractivity contribution in [1.82, 2.24) is 0 Å². The van der Waals surface area contributed by atoms with Crippen LogP contribution in [0.15, 0.2) is 0 Å². The number of hydrogen-bond acceptors (Lipinski definition) is 0. The van der Waals surface area contributed by atoms with Crippen molar-refractivity contribution in [3.8, 4) is 0 Å². The van der Waals surface area contributed by atoms with Gasteiger partial charge in [-0.25, -0.2) is 0 Å². The molecule has 88 valence electrons. The van der Waals surface area contributed by atoms with Crippen molar-refractivity contribution in [3.05, 3.63) is 0 Å². The Morgan fingerprint density at radius 1 is 1.00 bits per heavy atom. The van der Waals surface area contributed by atoms with Gasteiger partial charge in [0.15, 0.2) is 0 Å². The first-order chi connectivity index (χ1) is 7.23. The average Bonchev–Trinajstić information content (AvgIpc) is 2.78. The molecule has 2 unspecified atom stereocenters. The van der Waals surface area contributed by atoms with E-state index in [-0.39, 0.29) is 0 Å². The maximum Gasteiger partial charge on any atom is -0.0323 e. The summed E-state index contributed by atoms with van der Waals surface area (Å²) in [7, 11) is 0. The number of hydrogen-bond donors (Lipinski definition) is 0. The highest BCUT2D eigenvalue weighted by molar-refractivity contribution is 4.87. The maximum atomic E-state index is 2.56. The van der Waals surface area contributed by atoms with Crippen LogP contribution in [-0.4, -0.2) is 0 Å². The van der Waals surface area contributed by atoms with Crippen LogP contribution in [0.2, 0.25) is 0 Å². The lowest BCUT2D eigenvalue weighted by molar-refractivity contribution is 0.207. The summed E-state index contributed by atoms with van der Waals surface area (Å²) < 4.78 is 0. The normalized spacial score (nSPS) is 34.8. The Balaban J connectivity index is 1.87. The Bertz CT molecular complexity index is 188. The molecule has 2 atom stereocenters. The topological polar surface area (TPSA) is 0 Å². The van der Waals surface area contributed by atoms with Gasteiger partial charge in [0.2, 0.25) is 0 Å². The standard InChI is InChI=1S/C15H28/c1-3-7-13-8-6-9-14(13)12-15(2)10-4-5-11-15/h13-14H,3-12H2,1-2H3. The molecule has 0 saturated heterocycles. The van der Waals surface area contributed by atoms with Crippen molar-refractivity contribution < 1.29 is 0 Å². The van der Waals surface area contributed by atoms with Gasteiger partial charge in [-0.15, -0.1) is 0 Å². The third-order valence-corrected chi connectivity index (χ3v) is 5.04. The molecule has 2 aliphatic rings. The molecule has 2 fully saturated rings. The smallest absolute Gasteiger partial charge is 0.0323 e. The van der Waals surface area contributed by atoms with Gasteiger partial charge in [-0.3, -0.25) is 0 Å². The van der Waals surface area contributed by atoms with Crippen molar-refractivity contribution in [2.45, 2.75) is 78.1 Å². The monoisotopic (exact) mass is 208 g/mol. The lowest BCUT2D eigenvalue weighted by atomic mass is 9.75. The quantitative estimate of drug-likeness (QED) is 0.597. The van der Waals surface area contributed by atoms with E-state index in [0.29, 0.717) is 0 Å². The molecule has 0 nitrogen and oxygen atoms in total. The van der Waals surface area contributed by atoms with Gasteiger partial charge in [0.05, 0.1) is 0 Å².